The van der Waals surface area contributed by atoms with Gasteiger partial charge in [-0.05, 0) is 34.6 Å². The SMILES string of the molecule is CCOC(=O)CC(B1OC(C)(C)C(C)(C)O1)c1c(F)c(F)c(F)c(F)c1F. The van der Waals surface area contributed by atoms with E-state index in [4.69, 9.17) is 14.0 Å². The van der Waals surface area contributed by atoms with E-state index >= 15 is 0 Å². The molecule has 1 atom stereocenters. The second kappa shape index (κ2) is 7.39. The molecule has 1 unspecified atom stereocenters. The smallest absolute Gasteiger partial charge is 0.466 e. The quantitative estimate of drug-likeness (QED) is 0.249. The molecule has 1 aliphatic heterocycles. The number of ether oxygens (including phenoxy) is 1. The summed E-state index contributed by atoms with van der Waals surface area (Å²) in [7, 11) is -1.42. The number of hydrogen-bond donors (Lipinski definition) is 0. The highest BCUT2D eigenvalue weighted by atomic mass is 19.2. The van der Waals surface area contributed by atoms with E-state index in [9.17, 15) is 26.7 Å². The van der Waals surface area contributed by atoms with Crippen LogP contribution in [0.25, 0.3) is 0 Å². The standard InChI is InChI=1S/C17H20BF5O4/c1-6-25-9(24)7-8(18-26-16(2,3)17(4,5)27-18)10-11(19)13(21)15(23)14(22)12(10)20/h8H,6-7H2,1-5H3. The van der Waals surface area contributed by atoms with Gasteiger partial charge >= 0.3 is 13.1 Å². The predicted octanol–water partition coefficient (Wildman–Crippen LogP) is 4.05. The van der Waals surface area contributed by atoms with Gasteiger partial charge in [0.2, 0.25) is 5.82 Å². The third kappa shape index (κ3) is 3.82. The monoisotopic (exact) mass is 394 g/mol. The van der Waals surface area contributed by atoms with Crippen LogP contribution in [0, 0.1) is 29.1 Å². The number of benzene rings is 1. The van der Waals surface area contributed by atoms with Gasteiger partial charge < -0.3 is 14.0 Å². The Bertz CT molecular complexity index is 708. The minimum atomic E-state index is -2.28. The van der Waals surface area contributed by atoms with Gasteiger partial charge in [-0.1, -0.05) is 0 Å². The summed E-state index contributed by atoms with van der Waals surface area (Å²) in [5, 5.41) is 0. The van der Waals surface area contributed by atoms with Crippen LogP contribution in [0.3, 0.4) is 0 Å². The third-order valence-electron chi connectivity index (χ3n) is 4.91. The molecule has 1 aromatic carbocycles. The molecule has 0 aliphatic carbocycles. The summed E-state index contributed by atoms with van der Waals surface area (Å²) in [6.45, 7) is 8.08. The first-order valence-electron chi connectivity index (χ1n) is 8.36. The second-order valence-electron chi connectivity index (χ2n) is 7.22. The number of rotatable bonds is 5. The Balaban J connectivity index is 2.58. The predicted molar refractivity (Wildman–Crippen MR) is 86.3 cm³/mol. The largest absolute Gasteiger partial charge is 0.466 e. The van der Waals surface area contributed by atoms with E-state index in [-0.39, 0.29) is 6.61 Å². The van der Waals surface area contributed by atoms with Crippen molar-refractivity contribution in [3.63, 3.8) is 0 Å². The van der Waals surface area contributed by atoms with Gasteiger partial charge in [-0.25, -0.2) is 22.0 Å². The minimum absolute atomic E-state index is 0.0218. The summed E-state index contributed by atoms with van der Waals surface area (Å²) < 4.78 is 85.6. The Labute approximate surface area is 154 Å². The first-order chi connectivity index (χ1) is 12.3. The van der Waals surface area contributed by atoms with Crippen LogP contribution >= 0.6 is 0 Å². The van der Waals surface area contributed by atoms with Gasteiger partial charge in [0.25, 0.3) is 0 Å². The Morgan fingerprint density at radius 1 is 0.926 bits per heavy atom. The number of carbonyl (C=O) groups excluding carboxylic acids is 1. The molecule has 0 saturated carbocycles. The molecule has 1 aliphatic rings. The van der Waals surface area contributed by atoms with Crippen LogP contribution in [0.2, 0.25) is 0 Å². The molecule has 0 spiro atoms. The van der Waals surface area contributed by atoms with E-state index in [1.807, 2.05) is 0 Å². The summed E-state index contributed by atoms with van der Waals surface area (Å²) in [4.78, 5) is 11.9. The number of carbonyl (C=O) groups is 1. The van der Waals surface area contributed by atoms with Gasteiger partial charge in [0.15, 0.2) is 23.3 Å². The fraction of sp³-hybridized carbons (Fsp3) is 0.588. The highest BCUT2D eigenvalue weighted by Gasteiger charge is 2.55. The zero-order valence-corrected chi connectivity index (χ0v) is 15.6. The molecule has 1 fully saturated rings. The van der Waals surface area contributed by atoms with Crippen molar-refractivity contribution in [2.45, 2.75) is 58.1 Å². The average molecular weight is 394 g/mol. The zero-order chi connectivity index (χ0) is 20.7. The molecule has 4 nitrogen and oxygen atoms in total. The van der Waals surface area contributed by atoms with Gasteiger partial charge in [0.05, 0.1) is 24.2 Å². The first-order valence-corrected chi connectivity index (χ1v) is 8.36. The molecule has 1 saturated heterocycles. The molecule has 1 heterocycles. The molecular weight excluding hydrogens is 374 g/mol. The zero-order valence-electron chi connectivity index (χ0n) is 15.6. The lowest BCUT2D eigenvalue weighted by atomic mass is 9.65. The van der Waals surface area contributed by atoms with Gasteiger partial charge in [-0.2, -0.15) is 0 Å². The lowest BCUT2D eigenvalue weighted by molar-refractivity contribution is -0.143. The topological polar surface area (TPSA) is 44.8 Å². The van der Waals surface area contributed by atoms with Crippen molar-refractivity contribution in [1.82, 2.24) is 0 Å². The maximum Gasteiger partial charge on any atom is 0.466 e. The van der Waals surface area contributed by atoms with Gasteiger partial charge in [0.1, 0.15) is 0 Å². The number of halogens is 5. The van der Waals surface area contributed by atoms with Crippen molar-refractivity contribution in [1.29, 1.82) is 0 Å². The summed E-state index contributed by atoms with van der Waals surface area (Å²) in [6, 6.07) is 0. The summed E-state index contributed by atoms with van der Waals surface area (Å²) in [5.41, 5.74) is -3.07. The lowest BCUT2D eigenvalue weighted by Gasteiger charge is -2.32. The molecule has 0 aromatic heterocycles. The Morgan fingerprint density at radius 2 is 1.33 bits per heavy atom. The highest BCUT2D eigenvalue weighted by Crippen LogP contribution is 2.43. The molecule has 27 heavy (non-hydrogen) atoms. The average Bonchev–Trinajstić information content (AvgIpc) is 2.78. The molecule has 2 rings (SSSR count). The van der Waals surface area contributed by atoms with Crippen LogP contribution in [-0.4, -0.2) is 30.9 Å². The summed E-state index contributed by atoms with van der Waals surface area (Å²) in [6.07, 6.45) is -0.691. The Morgan fingerprint density at radius 3 is 1.74 bits per heavy atom. The van der Waals surface area contributed by atoms with Crippen LogP contribution in [-0.2, 0) is 18.8 Å². The third-order valence-corrected chi connectivity index (χ3v) is 4.91. The van der Waals surface area contributed by atoms with Gasteiger partial charge in [0, 0.05) is 11.4 Å². The molecule has 0 bridgehead atoms. The van der Waals surface area contributed by atoms with E-state index in [1.54, 1.807) is 27.7 Å². The normalized spacial score (nSPS) is 19.3. The fourth-order valence-corrected chi connectivity index (χ4v) is 2.73. The van der Waals surface area contributed by atoms with E-state index < -0.39 is 71.2 Å². The number of hydrogen-bond acceptors (Lipinski definition) is 4. The second-order valence-corrected chi connectivity index (χ2v) is 7.22. The van der Waals surface area contributed by atoms with E-state index in [0.717, 1.165) is 0 Å². The summed E-state index contributed by atoms with van der Waals surface area (Å²) >= 11 is 0. The highest BCUT2D eigenvalue weighted by molar-refractivity contribution is 6.48. The first kappa shape index (κ1) is 21.6. The van der Waals surface area contributed by atoms with Crippen LogP contribution < -0.4 is 0 Å². The van der Waals surface area contributed by atoms with Gasteiger partial charge in [-0.15, -0.1) is 0 Å². The maximum atomic E-state index is 14.3. The molecule has 1 aromatic rings. The van der Waals surface area contributed by atoms with Crippen molar-refractivity contribution < 1.29 is 40.8 Å². The van der Waals surface area contributed by atoms with Crippen LogP contribution in [0.4, 0.5) is 22.0 Å². The van der Waals surface area contributed by atoms with E-state index in [2.05, 4.69) is 0 Å². The van der Waals surface area contributed by atoms with Crippen LogP contribution in [0.15, 0.2) is 0 Å². The van der Waals surface area contributed by atoms with Gasteiger partial charge in [-0.3, -0.25) is 4.79 Å². The number of esters is 1. The van der Waals surface area contributed by atoms with Crippen LogP contribution in [0.5, 0.6) is 0 Å². The lowest BCUT2D eigenvalue weighted by Crippen LogP contribution is -2.41. The maximum absolute atomic E-state index is 14.3. The molecular formula is C17H20BF5O4. The molecule has 10 heteroatoms. The minimum Gasteiger partial charge on any atom is -0.466 e. The van der Waals surface area contributed by atoms with E-state index in [1.165, 1.54) is 6.92 Å². The summed E-state index contributed by atoms with van der Waals surface area (Å²) in [5.74, 6) is -13.0. The molecule has 150 valence electrons. The van der Waals surface area contributed by atoms with Crippen LogP contribution in [0.1, 0.15) is 52.4 Å². The Hall–Kier alpha value is -1.68. The van der Waals surface area contributed by atoms with Crippen molar-refractivity contribution in [3.05, 3.63) is 34.6 Å². The van der Waals surface area contributed by atoms with Crippen molar-refractivity contribution in [3.8, 4) is 0 Å². The van der Waals surface area contributed by atoms with Crippen molar-refractivity contribution in [2.24, 2.45) is 0 Å². The molecule has 0 amide bonds. The van der Waals surface area contributed by atoms with E-state index in [0.29, 0.717) is 0 Å². The fourth-order valence-electron chi connectivity index (χ4n) is 2.73. The molecule has 0 N–H and O–H groups in total. The van der Waals surface area contributed by atoms with Crippen molar-refractivity contribution in [2.75, 3.05) is 6.61 Å². The molecule has 0 radical (unpaired) electrons. The van der Waals surface area contributed by atoms with Crippen molar-refractivity contribution >= 4 is 13.1 Å². The Kier molecular flexibility index (Phi) is 5.92.